The van der Waals surface area contributed by atoms with Crippen molar-refractivity contribution < 1.29 is 24.1 Å². The summed E-state index contributed by atoms with van der Waals surface area (Å²) in [6, 6.07) is 26.1. The molecular weight excluding hydrogens is 793 g/mol. The van der Waals surface area contributed by atoms with Crippen molar-refractivity contribution in [3.8, 4) is 23.3 Å². The molecule has 0 aliphatic rings. The number of nitro groups is 2. The lowest BCUT2D eigenvalue weighted by atomic mass is 9.82. The van der Waals surface area contributed by atoms with Crippen molar-refractivity contribution in [2.75, 3.05) is 0 Å². The van der Waals surface area contributed by atoms with Crippen LogP contribution in [0.3, 0.4) is 0 Å². The number of imidazole rings is 2. The van der Waals surface area contributed by atoms with Gasteiger partial charge in [0, 0.05) is 37.4 Å². The third-order valence-electron chi connectivity index (χ3n) is 10.1. The van der Waals surface area contributed by atoms with Gasteiger partial charge in [-0.15, -0.1) is 0 Å². The molecule has 8 rings (SSSR count). The Morgan fingerprint density at radius 3 is 1.32 bits per heavy atom. The first-order valence-electron chi connectivity index (χ1n) is 19.5. The van der Waals surface area contributed by atoms with Crippen LogP contribution in [-0.2, 0) is 17.9 Å². The van der Waals surface area contributed by atoms with E-state index in [0.717, 1.165) is 0 Å². The van der Waals surface area contributed by atoms with Gasteiger partial charge in [0.05, 0.1) is 34.3 Å². The maximum absolute atomic E-state index is 15.1. The van der Waals surface area contributed by atoms with Gasteiger partial charge in [0.1, 0.15) is 24.2 Å². The van der Waals surface area contributed by atoms with Crippen molar-refractivity contribution in [1.82, 2.24) is 39.0 Å². The van der Waals surface area contributed by atoms with Gasteiger partial charge in [-0.1, -0.05) is 48.6 Å². The summed E-state index contributed by atoms with van der Waals surface area (Å²) < 4.78 is 16.1. The van der Waals surface area contributed by atoms with E-state index >= 15 is 4.79 Å². The van der Waals surface area contributed by atoms with Crippen LogP contribution >= 0.6 is 0 Å². The number of aromatic nitrogens is 8. The standard InChI is InChI=1S/C45H36N10O7/c1-3-52-27-50-39-42(52)46-25-48-44(39)61-35-19-11-31(12-20-35)37(23-9-29-5-15-33(16-6-29)54(57)58)41(56)38(24-10-30-7-17-34(18-8-30)55(59)60)32-13-21-36(22-14-32)62-45-40-43(47-26-49-45)53(4-2)28-51-40/h5-28,37-38H,3-4H2,1-2H3/b23-9+,24-10+. The van der Waals surface area contributed by atoms with E-state index in [1.165, 1.54) is 36.9 Å². The van der Waals surface area contributed by atoms with Crippen LogP contribution in [0, 0.1) is 20.2 Å². The Morgan fingerprint density at radius 2 is 0.968 bits per heavy atom. The van der Waals surface area contributed by atoms with E-state index in [-0.39, 0.29) is 28.9 Å². The Balaban J connectivity index is 1.14. The van der Waals surface area contributed by atoms with Crippen molar-refractivity contribution in [2.45, 2.75) is 38.8 Å². The minimum atomic E-state index is -0.837. The number of carbonyl (C=O) groups excluding carboxylic acids is 1. The number of hydrogen-bond donors (Lipinski definition) is 0. The number of aryl methyl sites for hydroxylation is 2. The van der Waals surface area contributed by atoms with E-state index < -0.39 is 21.7 Å². The number of benzene rings is 4. The number of hydrogen-bond acceptors (Lipinski definition) is 13. The van der Waals surface area contributed by atoms with Gasteiger partial charge in [-0.3, -0.25) is 25.0 Å². The highest BCUT2D eigenvalue weighted by atomic mass is 16.6. The maximum Gasteiger partial charge on any atom is 0.269 e. The molecule has 0 saturated heterocycles. The number of allylic oxidation sites excluding steroid dienone is 2. The molecule has 0 fully saturated rings. The van der Waals surface area contributed by atoms with Gasteiger partial charge in [0.25, 0.3) is 23.1 Å². The van der Waals surface area contributed by atoms with Crippen LogP contribution in [0.1, 0.15) is 47.9 Å². The molecule has 8 aromatic rings. The molecule has 0 radical (unpaired) electrons. The lowest BCUT2D eigenvalue weighted by Gasteiger charge is -2.20. The molecular formula is C45H36N10O7. The second kappa shape index (κ2) is 17.8. The van der Waals surface area contributed by atoms with Gasteiger partial charge >= 0.3 is 0 Å². The molecule has 0 aliphatic heterocycles. The molecule has 4 heterocycles. The predicted molar refractivity (Wildman–Crippen MR) is 230 cm³/mol. The average Bonchev–Trinajstić information content (AvgIpc) is 3.93. The minimum Gasteiger partial charge on any atom is -0.437 e. The zero-order chi connectivity index (χ0) is 43.2. The van der Waals surface area contributed by atoms with Gasteiger partial charge in [-0.05, 0) is 84.6 Å². The summed E-state index contributed by atoms with van der Waals surface area (Å²) in [4.78, 5) is 63.0. The predicted octanol–water partition coefficient (Wildman–Crippen LogP) is 9.27. The Labute approximate surface area is 353 Å². The summed E-state index contributed by atoms with van der Waals surface area (Å²) in [5, 5.41) is 22.7. The molecule has 4 aromatic heterocycles. The molecule has 2 unspecified atom stereocenters. The number of Topliss-reactive ketones (excluding diaryl/α,β-unsaturated/α-hetero) is 1. The van der Waals surface area contributed by atoms with Gasteiger partial charge in [-0.25, -0.2) is 19.9 Å². The van der Waals surface area contributed by atoms with E-state index in [1.807, 2.05) is 23.0 Å². The number of non-ortho nitro benzene ring substituents is 2. The topological polar surface area (TPSA) is 209 Å². The molecule has 62 heavy (non-hydrogen) atoms. The van der Waals surface area contributed by atoms with Crippen molar-refractivity contribution in [3.63, 3.8) is 0 Å². The Morgan fingerprint density at radius 1 is 0.581 bits per heavy atom. The Bertz CT molecular complexity index is 2760. The maximum atomic E-state index is 15.1. The summed E-state index contributed by atoms with van der Waals surface area (Å²) >= 11 is 0. The molecule has 17 nitrogen and oxygen atoms in total. The first kappa shape index (κ1) is 40.3. The van der Waals surface area contributed by atoms with Crippen LogP contribution in [0.4, 0.5) is 11.4 Å². The number of rotatable bonds is 16. The number of nitro benzene ring substituents is 2. The van der Waals surface area contributed by atoms with E-state index in [0.29, 0.717) is 69.2 Å². The number of ether oxygens (including phenoxy) is 2. The highest BCUT2D eigenvalue weighted by molar-refractivity contribution is 5.96. The summed E-state index contributed by atoms with van der Waals surface area (Å²) in [5.41, 5.74) is 4.74. The van der Waals surface area contributed by atoms with E-state index in [9.17, 15) is 20.2 Å². The van der Waals surface area contributed by atoms with E-state index in [2.05, 4.69) is 29.9 Å². The highest BCUT2D eigenvalue weighted by Crippen LogP contribution is 2.34. The van der Waals surface area contributed by atoms with Crippen molar-refractivity contribution in [3.05, 3.63) is 177 Å². The number of fused-ring (bicyclic) bond motifs is 2. The van der Waals surface area contributed by atoms with Gasteiger partial charge in [-0.2, -0.15) is 9.97 Å². The van der Waals surface area contributed by atoms with Crippen molar-refractivity contribution in [2.24, 2.45) is 0 Å². The first-order chi connectivity index (χ1) is 30.2. The zero-order valence-electron chi connectivity index (χ0n) is 33.3. The third-order valence-corrected chi connectivity index (χ3v) is 10.1. The number of nitrogens with zero attached hydrogens (tertiary/aromatic N) is 10. The van der Waals surface area contributed by atoms with Gasteiger partial charge < -0.3 is 18.6 Å². The van der Waals surface area contributed by atoms with Crippen LogP contribution in [0.2, 0.25) is 0 Å². The van der Waals surface area contributed by atoms with Crippen molar-refractivity contribution >= 4 is 51.6 Å². The largest absolute Gasteiger partial charge is 0.437 e. The summed E-state index contributed by atoms with van der Waals surface area (Å²) in [6.45, 7) is 5.31. The Hall–Kier alpha value is -8.47. The lowest BCUT2D eigenvalue weighted by molar-refractivity contribution is -0.385. The lowest BCUT2D eigenvalue weighted by Crippen LogP contribution is -2.18. The quantitative estimate of drug-likeness (QED) is 0.0658. The molecule has 2 atom stereocenters. The first-order valence-corrected chi connectivity index (χ1v) is 19.5. The van der Waals surface area contributed by atoms with Crippen LogP contribution < -0.4 is 9.47 Å². The summed E-state index contributed by atoms with van der Waals surface area (Å²) in [6.07, 6.45) is 13.2. The molecule has 4 aromatic carbocycles. The molecule has 308 valence electrons. The fourth-order valence-electron chi connectivity index (χ4n) is 6.80. The number of carbonyl (C=O) groups is 1. The minimum absolute atomic E-state index is 0.0589. The smallest absolute Gasteiger partial charge is 0.269 e. The SMILES string of the molecule is CCn1cnc2c(Oc3ccc(C(/C=C/c4ccc([N+](=O)[O-])cc4)C(=O)C(/C=C/c4ccc([N+](=O)[O-])cc4)c4ccc(Oc5ncnc6c5ncn6CC)cc4)cc3)ncnc21. The van der Waals surface area contributed by atoms with Crippen LogP contribution in [-0.4, -0.2) is 54.7 Å². The van der Waals surface area contributed by atoms with Crippen LogP contribution in [0.5, 0.6) is 23.3 Å². The monoisotopic (exact) mass is 828 g/mol. The molecule has 17 heteroatoms. The molecule has 0 bridgehead atoms. The normalized spacial score (nSPS) is 12.5. The fraction of sp³-hybridized carbons (Fsp3) is 0.133. The van der Waals surface area contributed by atoms with Crippen LogP contribution in [0.25, 0.3) is 34.5 Å². The van der Waals surface area contributed by atoms with E-state index in [4.69, 9.17) is 9.47 Å². The summed E-state index contributed by atoms with van der Waals surface area (Å²) in [7, 11) is 0. The average molecular weight is 829 g/mol. The molecule has 0 N–H and O–H groups in total. The molecule has 0 spiro atoms. The molecule has 0 saturated carbocycles. The van der Waals surface area contributed by atoms with E-state index in [1.54, 1.807) is 110 Å². The highest BCUT2D eigenvalue weighted by Gasteiger charge is 2.27. The summed E-state index contributed by atoms with van der Waals surface area (Å²) in [5.74, 6) is -0.412. The fourth-order valence-corrected chi connectivity index (χ4v) is 6.80. The van der Waals surface area contributed by atoms with Gasteiger partial charge in [0.2, 0.25) is 0 Å². The molecule has 0 amide bonds. The second-order valence-electron chi connectivity index (χ2n) is 13.9. The molecule has 0 aliphatic carbocycles. The third kappa shape index (κ3) is 8.62. The van der Waals surface area contributed by atoms with Crippen LogP contribution in [0.15, 0.2) is 135 Å². The van der Waals surface area contributed by atoms with Crippen molar-refractivity contribution in [1.29, 1.82) is 0 Å². The second-order valence-corrected chi connectivity index (χ2v) is 13.9. The zero-order valence-corrected chi connectivity index (χ0v) is 33.3. The van der Waals surface area contributed by atoms with Gasteiger partial charge in [0.15, 0.2) is 28.1 Å². The number of ketones is 1. The Kier molecular flexibility index (Phi) is 11.6.